The quantitative estimate of drug-likeness (QED) is 0.382. The highest BCUT2D eigenvalue weighted by molar-refractivity contribution is 5.94. The first-order valence-electron chi connectivity index (χ1n) is 11.7. The number of rotatable bonds is 7. The average Bonchev–Trinajstić information content (AvgIpc) is 3.19. The molecule has 0 spiro atoms. The molecule has 0 radical (unpaired) electrons. The van der Waals surface area contributed by atoms with E-state index in [4.69, 9.17) is 9.47 Å². The van der Waals surface area contributed by atoms with Crippen LogP contribution in [-0.2, 0) is 47.7 Å². The summed E-state index contributed by atoms with van der Waals surface area (Å²) in [5.74, 6) is -2.74. The minimum absolute atomic E-state index is 0.0424. The van der Waals surface area contributed by atoms with Gasteiger partial charge in [0, 0.05) is 32.9 Å². The molecule has 1 N–H and O–H groups in total. The van der Waals surface area contributed by atoms with Gasteiger partial charge in [-0.15, -0.1) is 0 Å². The summed E-state index contributed by atoms with van der Waals surface area (Å²) in [6.07, 6.45) is 1.66. The van der Waals surface area contributed by atoms with Gasteiger partial charge < -0.3 is 29.2 Å². The molecule has 2 atom stereocenters. The molecular formula is C25H40N2O10. The van der Waals surface area contributed by atoms with Gasteiger partial charge in [0.1, 0.15) is 23.3 Å². The number of nitrogens with zero attached hydrogens (tertiary/aromatic N) is 1. The molecule has 0 bridgehead atoms. The van der Waals surface area contributed by atoms with Crippen molar-refractivity contribution >= 4 is 35.7 Å². The highest BCUT2D eigenvalue weighted by Crippen LogP contribution is 2.25. The number of carbonyl (C=O) groups is 6. The van der Waals surface area contributed by atoms with E-state index in [2.05, 4.69) is 14.8 Å². The Kier molecular flexibility index (Phi) is 13.0. The van der Waals surface area contributed by atoms with E-state index in [1.54, 1.807) is 41.5 Å². The molecule has 0 saturated heterocycles. The molecule has 1 rings (SSSR count). The van der Waals surface area contributed by atoms with Crippen molar-refractivity contribution in [1.82, 2.24) is 10.2 Å². The molecular weight excluding hydrogens is 488 g/mol. The summed E-state index contributed by atoms with van der Waals surface area (Å²) in [4.78, 5) is 70.0. The molecule has 12 nitrogen and oxygen atoms in total. The third kappa shape index (κ3) is 13.4. The zero-order valence-electron chi connectivity index (χ0n) is 23.4. The number of hydrogen-bond donors (Lipinski definition) is 1. The number of nitrogens with one attached hydrogen (secondary N) is 1. The molecule has 0 aromatic carbocycles. The van der Waals surface area contributed by atoms with E-state index in [-0.39, 0.29) is 36.6 Å². The standard InChI is InChI=1S/C13H19NO5.C12H21NO5/c1-8(15)14-7-9(11(16)18-5)6-10(14)12(17)19-13(2,3)4;1-8(14)13-9(6-7-10(15)17-5)11(16)18-12(2,3)4/h7,10H,6H2,1-5H3;9H,6-7H2,1-5H3,(H,13,14)/t10-;9-/m00/s1. The summed E-state index contributed by atoms with van der Waals surface area (Å²) in [6, 6.07) is -1.63. The van der Waals surface area contributed by atoms with E-state index in [0.29, 0.717) is 0 Å². The maximum absolute atomic E-state index is 12.0. The maximum Gasteiger partial charge on any atom is 0.335 e. The van der Waals surface area contributed by atoms with Crippen LogP contribution in [0.5, 0.6) is 0 Å². The van der Waals surface area contributed by atoms with Crippen molar-refractivity contribution in [2.75, 3.05) is 14.2 Å². The number of methoxy groups -OCH3 is 2. The molecule has 0 aromatic heterocycles. The van der Waals surface area contributed by atoms with Gasteiger partial charge in [-0.1, -0.05) is 0 Å². The topological polar surface area (TPSA) is 155 Å². The van der Waals surface area contributed by atoms with Crippen LogP contribution in [0.4, 0.5) is 0 Å². The largest absolute Gasteiger partial charge is 0.469 e. The predicted octanol–water partition coefficient (Wildman–Crippen LogP) is 1.79. The summed E-state index contributed by atoms with van der Waals surface area (Å²) in [6.45, 7) is 13.1. The van der Waals surface area contributed by atoms with Gasteiger partial charge in [-0.3, -0.25) is 14.4 Å². The molecule has 1 heterocycles. The summed E-state index contributed by atoms with van der Waals surface area (Å²) in [5.41, 5.74) is -0.999. The van der Waals surface area contributed by atoms with Gasteiger partial charge in [0.05, 0.1) is 19.8 Å². The fourth-order valence-electron chi connectivity index (χ4n) is 2.99. The van der Waals surface area contributed by atoms with Crippen molar-refractivity contribution in [2.24, 2.45) is 0 Å². The zero-order valence-corrected chi connectivity index (χ0v) is 23.4. The number of esters is 4. The monoisotopic (exact) mass is 528 g/mol. The van der Waals surface area contributed by atoms with Gasteiger partial charge in [-0.25, -0.2) is 14.4 Å². The Morgan fingerprint density at radius 1 is 0.946 bits per heavy atom. The van der Waals surface area contributed by atoms with Crippen LogP contribution in [0.15, 0.2) is 11.8 Å². The molecule has 0 fully saturated rings. The zero-order chi connectivity index (χ0) is 29.1. The van der Waals surface area contributed by atoms with E-state index < -0.39 is 47.2 Å². The van der Waals surface area contributed by atoms with Crippen LogP contribution in [-0.4, -0.2) is 78.1 Å². The van der Waals surface area contributed by atoms with Crippen LogP contribution in [0.2, 0.25) is 0 Å². The molecule has 0 aromatic rings. The van der Waals surface area contributed by atoms with Gasteiger partial charge in [0.2, 0.25) is 11.8 Å². The summed E-state index contributed by atoms with van der Waals surface area (Å²) < 4.78 is 19.5. The Hall–Kier alpha value is -3.44. The molecule has 1 aliphatic heterocycles. The number of carbonyl (C=O) groups excluding carboxylic acids is 6. The average molecular weight is 529 g/mol. The van der Waals surface area contributed by atoms with Gasteiger partial charge >= 0.3 is 23.9 Å². The highest BCUT2D eigenvalue weighted by Gasteiger charge is 2.38. The molecule has 12 heteroatoms. The Balaban J connectivity index is 0.000000702. The second-order valence-electron chi connectivity index (χ2n) is 10.2. The lowest BCUT2D eigenvalue weighted by Crippen LogP contribution is -2.43. The van der Waals surface area contributed by atoms with E-state index >= 15 is 0 Å². The van der Waals surface area contributed by atoms with Crippen molar-refractivity contribution in [1.29, 1.82) is 0 Å². The third-order valence-corrected chi connectivity index (χ3v) is 4.47. The van der Waals surface area contributed by atoms with Crippen LogP contribution < -0.4 is 5.32 Å². The normalized spacial score (nSPS) is 15.8. The second-order valence-corrected chi connectivity index (χ2v) is 10.2. The number of hydrogen-bond acceptors (Lipinski definition) is 10. The van der Waals surface area contributed by atoms with Gasteiger partial charge in [0.25, 0.3) is 0 Å². The lowest BCUT2D eigenvalue weighted by Gasteiger charge is -2.26. The first-order valence-corrected chi connectivity index (χ1v) is 11.7. The molecule has 0 unspecified atom stereocenters. The first-order chi connectivity index (χ1) is 16.8. The molecule has 0 saturated carbocycles. The molecule has 210 valence electrons. The predicted molar refractivity (Wildman–Crippen MR) is 132 cm³/mol. The van der Waals surface area contributed by atoms with Crippen LogP contribution in [0.25, 0.3) is 0 Å². The highest BCUT2D eigenvalue weighted by atomic mass is 16.6. The minimum Gasteiger partial charge on any atom is -0.469 e. The number of ether oxygens (including phenoxy) is 4. The van der Waals surface area contributed by atoms with E-state index in [1.807, 2.05) is 0 Å². The summed E-state index contributed by atoms with van der Waals surface area (Å²) in [7, 11) is 2.52. The Morgan fingerprint density at radius 2 is 1.49 bits per heavy atom. The van der Waals surface area contributed by atoms with Crippen molar-refractivity contribution < 1.29 is 47.7 Å². The van der Waals surface area contributed by atoms with E-state index in [0.717, 1.165) is 0 Å². The van der Waals surface area contributed by atoms with Crippen LogP contribution in [0.1, 0.15) is 74.7 Å². The second kappa shape index (κ2) is 14.3. The van der Waals surface area contributed by atoms with Gasteiger partial charge in [-0.05, 0) is 48.0 Å². The molecule has 1 aliphatic rings. The SMILES string of the molecule is COC(=O)C1=CN(C(C)=O)[C@H](C(=O)OC(C)(C)C)C1.COC(=O)CC[C@H](NC(C)=O)C(=O)OC(C)(C)C. The van der Waals surface area contributed by atoms with E-state index in [9.17, 15) is 28.8 Å². The lowest BCUT2D eigenvalue weighted by atomic mass is 10.1. The van der Waals surface area contributed by atoms with Gasteiger partial charge in [-0.2, -0.15) is 0 Å². The van der Waals surface area contributed by atoms with Crippen LogP contribution in [0.3, 0.4) is 0 Å². The van der Waals surface area contributed by atoms with Crippen LogP contribution >= 0.6 is 0 Å². The molecule has 0 aliphatic carbocycles. The number of amides is 2. The maximum atomic E-state index is 12.0. The lowest BCUT2D eigenvalue weighted by molar-refractivity contribution is -0.162. The Morgan fingerprint density at radius 3 is 1.89 bits per heavy atom. The van der Waals surface area contributed by atoms with E-state index in [1.165, 1.54) is 39.2 Å². The van der Waals surface area contributed by atoms with Crippen molar-refractivity contribution in [2.45, 2.75) is 97.9 Å². The Bertz CT molecular complexity index is 896. The fraction of sp³-hybridized carbons (Fsp3) is 0.680. The van der Waals surface area contributed by atoms with Crippen molar-refractivity contribution in [3.8, 4) is 0 Å². The van der Waals surface area contributed by atoms with Crippen LogP contribution in [0, 0.1) is 0 Å². The third-order valence-electron chi connectivity index (χ3n) is 4.47. The van der Waals surface area contributed by atoms with Gasteiger partial charge in [0.15, 0.2) is 0 Å². The first kappa shape index (κ1) is 33.6. The molecule has 37 heavy (non-hydrogen) atoms. The summed E-state index contributed by atoms with van der Waals surface area (Å²) >= 11 is 0. The molecule has 2 amide bonds. The van der Waals surface area contributed by atoms with Crippen molar-refractivity contribution in [3.63, 3.8) is 0 Å². The minimum atomic E-state index is -0.833. The smallest absolute Gasteiger partial charge is 0.335 e. The van der Waals surface area contributed by atoms with Crippen molar-refractivity contribution in [3.05, 3.63) is 11.8 Å². The fourth-order valence-corrected chi connectivity index (χ4v) is 2.99. The Labute approximate surface area is 218 Å². The summed E-state index contributed by atoms with van der Waals surface area (Å²) in [5, 5.41) is 2.46.